The predicted octanol–water partition coefficient (Wildman–Crippen LogP) is 3.75. The summed E-state index contributed by atoms with van der Waals surface area (Å²) in [4.78, 5) is 5.29. The molecule has 0 unspecified atom stereocenters. The molecule has 8 heteroatoms. The second kappa shape index (κ2) is 7.61. The zero-order chi connectivity index (χ0) is 17.0. The van der Waals surface area contributed by atoms with Gasteiger partial charge in [-0.2, -0.15) is 4.31 Å². The van der Waals surface area contributed by atoms with E-state index >= 15 is 0 Å². The third-order valence-corrected chi connectivity index (χ3v) is 6.69. The number of benzene rings is 1. The van der Waals surface area contributed by atoms with Crippen LogP contribution in [0.3, 0.4) is 0 Å². The van der Waals surface area contributed by atoms with Gasteiger partial charge in [0.1, 0.15) is 0 Å². The lowest BCUT2D eigenvalue weighted by Crippen LogP contribution is -2.30. The van der Waals surface area contributed by atoms with Crippen molar-refractivity contribution in [2.24, 2.45) is 0 Å². The molecule has 5 nitrogen and oxygen atoms in total. The number of hydrogen-bond acceptors (Lipinski definition) is 5. The summed E-state index contributed by atoms with van der Waals surface area (Å²) in [6.07, 6.45) is 1.71. The molecule has 1 aromatic heterocycles. The Morgan fingerprint density at radius 1 is 1.30 bits per heavy atom. The van der Waals surface area contributed by atoms with E-state index in [0.29, 0.717) is 29.0 Å². The van der Waals surface area contributed by atoms with Gasteiger partial charge in [-0.15, -0.1) is 11.3 Å². The molecule has 0 saturated carbocycles. The average molecular weight is 374 g/mol. The molecule has 1 N–H and O–H groups in total. The normalized spacial score (nSPS) is 11.9. The van der Waals surface area contributed by atoms with Crippen molar-refractivity contribution >= 4 is 38.6 Å². The lowest BCUT2D eigenvalue weighted by atomic mass is 10.2. The first-order valence-corrected chi connectivity index (χ1v) is 9.96. The van der Waals surface area contributed by atoms with Crippen molar-refractivity contribution in [3.8, 4) is 0 Å². The molecular weight excluding hydrogens is 354 g/mol. The minimum atomic E-state index is -3.46. The van der Waals surface area contributed by atoms with Crippen LogP contribution in [0.15, 0.2) is 29.3 Å². The van der Waals surface area contributed by atoms with Gasteiger partial charge in [0.15, 0.2) is 4.47 Å². The first-order valence-electron chi connectivity index (χ1n) is 7.33. The lowest BCUT2D eigenvalue weighted by molar-refractivity contribution is 0.445. The van der Waals surface area contributed by atoms with Gasteiger partial charge in [0, 0.05) is 29.9 Å². The van der Waals surface area contributed by atoms with E-state index in [9.17, 15) is 8.42 Å². The van der Waals surface area contributed by atoms with Gasteiger partial charge in [-0.1, -0.05) is 31.5 Å². The highest BCUT2D eigenvalue weighted by Crippen LogP contribution is 2.24. The molecule has 2 rings (SSSR count). The largest absolute Gasteiger partial charge is 0.380 e. The number of nitrogens with one attached hydrogen (secondary N) is 1. The van der Waals surface area contributed by atoms with E-state index in [0.717, 1.165) is 16.1 Å². The summed E-state index contributed by atoms with van der Waals surface area (Å²) >= 11 is 7.22. The SMILES string of the molecule is CCN(CC)S(=O)(=O)c1ccc(C)c(NCc2cnc(Cl)s2)c1. The van der Waals surface area contributed by atoms with Crippen LogP contribution >= 0.6 is 22.9 Å². The van der Waals surface area contributed by atoms with Crippen LogP contribution < -0.4 is 5.32 Å². The Kier molecular flexibility index (Phi) is 6.02. The molecule has 0 amide bonds. The molecule has 0 aliphatic carbocycles. The quantitative estimate of drug-likeness (QED) is 0.802. The highest BCUT2D eigenvalue weighted by molar-refractivity contribution is 7.89. The monoisotopic (exact) mass is 373 g/mol. The molecular formula is C15H20ClN3O2S2. The van der Waals surface area contributed by atoms with E-state index in [2.05, 4.69) is 10.3 Å². The lowest BCUT2D eigenvalue weighted by Gasteiger charge is -2.19. The molecule has 0 radical (unpaired) electrons. The molecule has 0 fully saturated rings. The molecule has 0 aliphatic rings. The van der Waals surface area contributed by atoms with Crippen molar-refractivity contribution in [2.45, 2.75) is 32.2 Å². The highest BCUT2D eigenvalue weighted by Gasteiger charge is 2.22. The minimum absolute atomic E-state index is 0.302. The van der Waals surface area contributed by atoms with Gasteiger partial charge >= 0.3 is 0 Å². The first-order chi connectivity index (χ1) is 10.9. The van der Waals surface area contributed by atoms with Gasteiger partial charge in [-0.05, 0) is 24.6 Å². The molecule has 0 saturated heterocycles. The third kappa shape index (κ3) is 4.23. The molecule has 0 bridgehead atoms. The van der Waals surface area contributed by atoms with Crippen molar-refractivity contribution in [3.63, 3.8) is 0 Å². The van der Waals surface area contributed by atoms with Crippen LogP contribution in [-0.2, 0) is 16.6 Å². The molecule has 1 aromatic carbocycles. The number of anilines is 1. The number of hydrogen-bond donors (Lipinski definition) is 1. The van der Waals surface area contributed by atoms with Crippen molar-refractivity contribution in [3.05, 3.63) is 39.3 Å². The van der Waals surface area contributed by atoms with Gasteiger partial charge in [0.2, 0.25) is 10.0 Å². The number of sulfonamides is 1. The first kappa shape index (κ1) is 18.2. The molecule has 23 heavy (non-hydrogen) atoms. The molecule has 0 aliphatic heterocycles. The topological polar surface area (TPSA) is 62.3 Å². The number of halogens is 1. The van der Waals surface area contributed by atoms with Crippen LogP contribution in [0.2, 0.25) is 4.47 Å². The minimum Gasteiger partial charge on any atom is -0.380 e. The molecule has 0 atom stereocenters. The van der Waals surface area contributed by atoms with Crippen LogP contribution in [0.5, 0.6) is 0 Å². The number of aromatic nitrogens is 1. The number of nitrogens with zero attached hydrogens (tertiary/aromatic N) is 2. The van der Waals surface area contributed by atoms with Gasteiger partial charge in [-0.3, -0.25) is 0 Å². The van der Waals surface area contributed by atoms with Gasteiger partial charge in [-0.25, -0.2) is 13.4 Å². The van der Waals surface area contributed by atoms with E-state index in [4.69, 9.17) is 11.6 Å². The van der Waals surface area contributed by atoms with Crippen molar-refractivity contribution in [1.29, 1.82) is 0 Å². The summed E-state index contributed by atoms with van der Waals surface area (Å²) in [5.74, 6) is 0. The van der Waals surface area contributed by atoms with Gasteiger partial charge < -0.3 is 5.32 Å². The van der Waals surface area contributed by atoms with Crippen LogP contribution in [0.4, 0.5) is 5.69 Å². The van der Waals surface area contributed by atoms with E-state index in [1.807, 2.05) is 26.8 Å². The summed E-state index contributed by atoms with van der Waals surface area (Å²) in [6.45, 7) is 7.07. The zero-order valence-corrected chi connectivity index (χ0v) is 15.7. The second-order valence-electron chi connectivity index (χ2n) is 5.00. The smallest absolute Gasteiger partial charge is 0.243 e. The number of thiazole rings is 1. The predicted molar refractivity (Wildman–Crippen MR) is 95.7 cm³/mol. The Labute approximate surface area is 146 Å². The summed E-state index contributed by atoms with van der Waals surface area (Å²) in [5, 5.41) is 3.26. The van der Waals surface area contributed by atoms with E-state index in [-0.39, 0.29) is 0 Å². The molecule has 2 aromatic rings. The van der Waals surface area contributed by atoms with Crippen molar-refractivity contribution < 1.29 is 8.42 Å². The van der Waals surface area contributed by atoms with E-state index < -0.39 is 10.0 Å². The number of aryl methyl sites for hydroxylation is 1. The summed E-state index contributed by atoms with van der Waals surface area (Å²) in [7, 11) is -3.46. The maximum atomic E-state index is 12.6. The fourth-order valence-corrected chi connectivity index (χ4v) is 4.61. The standard InChI is InChI=1S/C15H20ClN3O2S2/c1-4-19(5-2)23(20,21)13-7-6-11(3)14(8-13)17-9-12-10-18-15(16)22-12/h6-8,10,17H,4-5,9H2,1-3H3. The van der Waals surface area contributed by atoms with Gasteiger partial charge in [0.05, 0.1) is 11.4 Å². The number of rotatable bonds is 7. The zero-order valence-electron chi connectivity index (χ0n) is 13.3. The van der Waals surface area contributed by atoms with Crippen LogP contribution in [0.25, 0.3) is 0 Å². The molecule has 0 spiro atoms. The fraction of sp³-hybridized carbons (Fsp3) is 0.400. The fourth-order valence-electron chi connectivity index (χ4n) is 2.21. The van der Waals surface area contributed by atoms with Crippen LogP contribution in [-0.4, -0.2) is 30.8 Å². The van der Waals surface area contributed by atoms with Crippen molar-refractivity contribution in [2.75, 3.05) is 18.4 Å². The summed E-state index contributed by atoms with van der Waals surface area (Å²) in [5.41, 5.74) is 1.78. The maximum Gasteiger partial charge on any atom is 0.243 e. The van der Waals surface area contributed by atoms with Gasteiger partial charge in [0.25, 0.3) is 0 Å². The summed E-state index contributed by atoms with van der Waals surface area (Å²) < 4.78 is 27.2. The summed E-state index contributed by atoms with van der Waals surface area (Å²) in [6, 6.07) is 5.15. The van der Waals surface area contributed by atoms with E-state index in [1.54, 1.807) is 18.3 Å². The van der Waals surface area contributed by atoms with E-state index in [1.165, 1.54) is 15.6 Å². The average Bonchev–Trinajstić information content (AvgIpc) is 2.92. The maximum absolute atomic E-state index is 12.6. The Morgan fingerprint density at radius 2 is 2.00 bits per heavy atom. The highest BCUT2D eigenvalue weighted by atomic mass is 35.5. The Balaban J connectivity index is 2.25. The van der Waals surface area contributed by atoms with Crippen LogP contribution in [0, 0.1) is 6.92 Å². The van der Waals surface area contributed by atoms with Crippen molar-refractivity contribution in [1.82, 2.24) is 9.29 Å². The Bertz CT molecular complexity index is 771. The molecule has 1 heterocycles. The molecule has 126 valence electrons. The Hall–Kier alpha value is -1.15. The third-order valence-electron chi connectivity index (χ3n) is 3.53. The van der Waals surface area contributed by atoms with Crippen LogP contribution in [0.1, 0.15) is 24.3 Å². The second-order valence-corrected chi connectivity index (χ2v) is 8.63. The Morgan fingerprint density at radius 3 is 2.57 bits per heavy atom.